The van der Waals surface area contributed by atoms with E-state index in [1.54, 1.807) is 18.4 Å². The van der Waals surface area contributed by atoms with Crippen molar-refractivity contribution in [3.63, 3.8) is 0 Å². The predicted molar refractivity (Wildman–Crippen MR) is 89.1 cm³/mol. The molecule has 1 aromatic carbocycles. The zero-order valence-electron chi connectivity index (χ0n) is 12.6. The van der Waals surface area contributed by atoms with Crippen LogP contribution in [0.5, 0.6) is 0 Å². The third-order valence-corrected chi connectivity index (χ3v) is 5.11. The van der Waals surface area contributed by atoms with E-state index >= 15 is 0 Å². The highest BCUT2D eigenvalue weighted by Crippen LogP contribution is 2.33. The Hall–Kier alpha value is -2.14. The fourth-order valence-corrected chi connectivity index (χ4v) is 4.13. The van der Waals surface area contributed by atoms with E-state index in [0.717, 1.165) is 29.1 Å². The van der Waals surface area contributed by atoms with Crippen LogP contribution in [0.15, 0.2) is 57.5 Å². The van der Waals surface area contributed by atoms with E-state index in [-0.39, 0.29) is 5.82 Å². The summed E-state index contributed by atoms with van der Waals surface area (Å²) >= 11 is 1.53. The molecule has 3 aromatic rings. The van der Waals surface area contributed by atoms with Crippen molar-refractivity contribution in [3.8, 4) is 11.5 Å². The number of hydrogen-bond donors (Lipinski definition) is 0. The molecule has 0 bridgehead atoms. The van der Waals surface area contributed by atoms with Gasteiger partial charge in [0.05, 0.1) is 12.0 Å². The number of thiazole rings is 1. The van der Waals surface area contributed by atoms with Crippen molar-refractivity contribution in [1.82, 2.24) is 4.57 Å². The van der Waals surface area contributed by atoms with Crippen LogP contribution in [0.25, 0.3) is 11.5 Å². The van der Waals surface area contributed by atoms with Crippen LogP contribution in [0.1, 0.15) is 31.7 Å². The molecule has 2 aromatic heterocycles. The van der Waals surface area contributed by atoms with Gasteiger partial charge in [0.25, 0.3) is 0 Å². The Labute approximate surface area is 137 Å². The van der Waals surface area contributed by atoms with Crippen molar-refractivity contribution in [2.24, 2.45) is 4.99 Å². The van der Waals surface area contributed by atoms with Gasteiger partial charge in [-0.25, -0.2) is 9.38 Å². The summed E-state index contributed by atoms with van der Waals surface area (Å²) < 4.78 is 21.7. The molecule has 1 aliphatic carbocycles. The van der Waals surface area contributed by atoms with Crippen molar-refractivity contribution in [1.29, 1.82) is 0 Å². The van der Waals surface area contributed by atoms with Crippen LogP contribution in [0.2, 0.25) is 0 Å². The quantitative estimate of drug-likeness (QED) is 0.642. The smallest absolute Gasteiger partial charge is 0.190 e. The molecule has 0 saturated heterocycles. The first kappa shape index (κ1) is 14.5. The van der Waals surface area contributed by atoms with Gasteiger partial charge in [-0.1, -0.05) is 25.0 Å². The minimum Gasteiger partial charge on any atom is -0.463 e. The van der Waals surface area contributed by atoms with Crippen LogP contribution in [0.4, 0.5) is 10.1 Å². The third-order valence-electron chi connectivity index (χ3n) is 4.27. The van der Waals surface area contributed by atoms with Crippen LogP contribution < -0.4 is 4.80 Å². The summed E-state index contributed by atoms with van der Waals surface area (Å²) in [5.41, 5.74) is 1.41. The van der Waals surface area contributed by atoms with Crippen LogP contribution in [-0.2, 0) is 0 Å². The van der Waals surface area contributed by atoms with Crippen molar-refractivity contribution in [2.75, 3.05) is 0 Å². The summed E-state index contributed by atoms with van der Waals surface area (Å²) in [6.45, 7) is 0. The van der Waals surface area contributed by atoms with Crippen molar-refractivity contribution < 1.29 is 8.81 Å². The van der Waals surface area contributed by atoms with E-state index in [2.05, 4.69) is 14.9 Å². The Kier molecular flexibility index (Phi) is 3.87. The molecule has 0 aliphatic heterocycles. The molecule has 118 valence electrons. The lowest BCUT2D eigenvalue weighted by atomic mass is 10.2. The normalized spacial score (nSPS) is 16.3. The van der Waals surface area contributed by atoms with Gasteiger partial charge in [0.1, 0.15) is 11.5 Å². The van der Waals surface area contributed by atoms with Gasteiger partial charge in [-0.2, -0.15) is 0 Å². The molecule has 0 radical (unpaired) electrons. The lowest BCUT2D eigenvalue weighted by Crippen LogP contribution is -2.19. The maximum Gasteiger partial charge on any atom is 0.190 e. The first-order valence-corrected chi connectivity index (χ1v) is 8.74. The van der Waals surface area contributed by atoms with Crippen LogP contribution >= 0.6 is 11.3 Å². The number of nitrogens with zero attached hydrogens (tertiary/aromatic N) is 2. The van der Waals surface area contributed by atoms with E-state index in [0.29, 0.717) is 11.7 Å². The Balaban J connectivity index is 1.88. The molecular formula is C18H17FN2OS. The molecule has 1 fully saturated rings. The van der Waals surface area contributed by atoms with Crippen molar-refractivity contribution in [2.45, 2.75) is 31.7 Å². The SMILES string of the molecule is Fc1ccccc1N=c1scc(-c2ccco2)n1C1CCCC1. The highest BCUT2D eigenvalue weighted by molar-refractivity contribution is 7.07. The van der Waals surface area contributed by atoms with Crippen molar-refractivity contribution in [3.05, 3.63) is 58.7 Å². The van der Waals surface area contributed by atoms with Gasteiger partial charge in [-0.3, -0.25) is 0 Å². The monoisotopic (exact) mass is 328 g/mol. The second-order valence-electron chi connectivity index (χ2n) is 5.75. The molecule has 0 amide bonds. The van der Waals surface area contributed by atoms with E-state index in [9.17, 15) is 4.39 Å². The molecule has 5 heteroatoms. The van der Waals surface area contributed by atoms with Crippen LogP contribution in [-0.4, -0.2) is 4.57 Å². The number of benzene rings is 1. The molecule has 23 heavy (non-hydrogen) atoms. The Morgan fingerprint density at radius 3 is 2.70 bits per heavy atom. The summed E-state index contributed by atoms with van der Waals surface area (Å²) in [5.74, 6) is 0.543. The molecule has 0 atom stereocenters. The van der Waals surface area contributed by atoms with Crippen LogP contribution in [0.3, 0.4) is 0 Å². The lowest BCUT2D eigenvalue weighted by molar-refractivity contribution is 0.498. The van der Waals surface area contributed by atoms with Gasteiger partial charge in [-0.05, 0) is 37.1 Å². The van der Waals surface area contributed by atoms with Gasteiger partial charge in [0.2, 0.25) is 0 Å². The largest absolute Gasteiger partial charge is 0.463 e. The molecule has 0 unspecified atom stereocenters. The molecule has 3 nitrogen and oxygen atoms in total. The van der Waals surface area contributed by atoms with Gasteiger partial charge in [-0.15, -0.1) is 11.3 Å². The Morgan fingerprint density at radius 1 is 1.13 bits per heavy atom. The number of hydrogen-bond acceptors (Lipinski definition) is 3. The molecule has 1 aliphatic rings. The van der Waals surface area contributed by atoms with Gasteiger partial charge < -0.3 is 8.98 Å². The van der Waals surface area contributed by atoms with E-state index in [4.69, 9.17) is 4.42 Å². The molecule has 2 heterocycles. The van der Waals surface area contributed by atoms with Gasteiger partial charge in [0, 0.05) is 11.4 Å². The predicted octanol–water partition coefficient (Wildman–Crippen LogP) is 5.30. The highest BCUT2D eigenvalue weighted by atomic mass is 32.1. The number of rotatable bonds is 3. The van der Waals surface area contributed by atoms with E-state index < -0.39 is 0 Å². The number of furan rings is 1. The maximum atomic E-state index is 13.9. The summed E-state index contributed by atoms with van der Waals surface area (Å²) in [6.07, 6.45) is 6.40. The van der Waals surface area contributed by atoms with Gasteiger partial charge >= 0.3 is 0 Å². The fourth-order valence-electron chi connectivity index (χ4n) is 3.17. The average molecular weight is 328 g/mol. The summed E-state index contributed by atoms with van der Waals surface area (Å²) in [4.78, 5) is 5.41. The number of para-hydroxylation sites is 1. The molecule has 0 N–H and O–H groups in total. The van der Waals surface area contributed by atoms with E-state index in [1.807, 2.05) is 18.2 Å². The minimum atomic E-state index is -0.293. The molecule has 4 rings (SSSR count). The van der Waals surface area contributed by atoms with Crippen molar-refractivity contribution >= 4 is 17.0 Å². The second-order valence-corrected chi connectivity index (χ2v) is 6.59. The number of aromatic nitrogens is 1. The lowest BCUT2D eigenvalue weighted by Gasteiger charge is -2.14. The Morgan fingerprint density at radius 2 is 1.96 bits per heavy atom. The van der Waals surface area contributed by atoms with Crippen LogP contribution in [0, 0.1) is 5.82 Å². The first-order valence-electron chi connectivity index (χ1n) is 7.86. The average Bonchev–Trinajstić information content (AvgIpc) is 3.30. The molecule has 0 spiro atoms. The zero-order valence-corrected chi connectivity index (χ0v) is 13.4. The maximum absolute atomic E-state index is 13.9. The standard InChI is InChI=1S/C18H17FN2OS/c19-14-8-3-4-9-15(14)20-18-21(13-6-1-2-7-13)16(12-23-18)17-10-5-11-22-17/h3-5,8-13H,1-2,6-7H2. The van der Waals surface area contributed by atoms with Gasteiger partial charge in [0.15, 0.2) is 10.6 Å². The highest BCUT2D eigenvalue weighted by Gasteiger charge is 2.22. The molecule has 1 saturated carbocycles. The summed E-state index contributed by atoms with van der Waals surface area (Å²) in [5, 5.41) is 2.05. The number of halogens is 1. The summed E-state index contributed by atoms with van der Waals surface area (Å²) in [7, 11) is 0. The summed E-state index contributed by atoms with van der Waals surface area (Å²) in [6, 6.07) is 10.9. The third kappa shape index (κ3) is 2.77. The Bertz CT molecular complexity index is 857. The second kappa shape index (κ2) is 6.16. The van der Waals surface area contributed by atoms with E-state index in [1.165, 1.54) is 30.2 Å². The fraction of sp³-hybridized carbons (Fsp3) is 0.278. The topological polar surface area (TPSA) is 30.4 Å². The molecular weight excluding hydrogens is 311 g/mol. The zero-order chi connectivity index (χ0) is 15.6. The minimum absolute atomic E-state index is 0.293. The first-order chi connectivity index (χ1) is 11.3.